The third-order valence-corrected chi connectivity index (χ3v) is 11.2. The van der Waals surface area contributed by atoms with Gasteiger partial charge in [0.05, 0.1) is 19.8 Å². The van der Waals surface area contributed by atoms with E-state index in [1.165, 1.54) is 148 Å². The SMILES string of the molecule is CCCCCCCCCCCCCCCCCC(=O)OCC(COP(=O)([O-])OCCNC(=O)OCCOC)OC(=O)CCCCCCCCCCCCCCCCC.N.[Na+]. The largest absolute Gasteiger partial charge is 1.00 e. The maximum absolute atomic E-state index is 12.7. The van der Waals surface area contributed by atoms with E-state index in [4.69, 9.17) is 28.0 Å². The molecule has 4 N–H and O–H groups in total. The van der Waals surface area contributed by atoms with Gasteiger partial charge in [-0.25, -0.2) is 4.79 Å². The summed E-state index contributed by atoms with van der Waals surface area (Å²) in [5.74, 6) is -0.928. The number of alkyl carbamates (subject to hydrolysis) is 1. The van der Waals surface area contributed by atoms with Crippen LogP contribution in [0.2, 0.25) is 0 Å². The van der Waals surface area contributed by atoms with Crippen LogP contribution in [-0.2, 0) is 42.1 Å². The average molecular weight is 889 g/mol. The number of nitrogens with one attached hydrogen (secondary N) is 1. The monoisotopic (exact) mass is 889 g/mol. The zero-order chi connectivity index (χ0) is 42.6. The van der Waals surface area contributed by atoms with Crippen LogP contribution in [0.15, 0.2) is 0 Å². The van der Waals surface area contributed by atoms with Gasteiger partial charge in [0, 0.05) is 26.5 Å². The van der Waals surface area contributed by atoms with Crippen LogP contribution >= 0.6 is 7.82 Å². The van der Waals surface area contributed by atoms with Crippen molar-refractivity contribution in [3.05, 3.63) is 0 Å². The topological polar surface area (TPSA) is 194 Å². The molecule has 0 bridgehead atoms. The standard InChI is InChI=1S/C45H88NO11P.H3N.Na/c1-4-6-8-10-12-14-16-18-20-22-24-26-28-30-32-34-43(47)54-40-42(41-56-58(50,51)55-37-36-46-45(49)53-39-38-52-3)57-44(48)35-33-31-29-27-25-23-21-19-17-15-13-11-9-7-5-2;;/h42H,4-41H2,1-3H3,(H,46,49)(H,50,51);1H3;/q;;+1/p-1. The number of hydrogen-bond acceptors (Lipinski definition) is 12. The first-order chi connectivity index (χ1) is 28.2. The van der Waals surface area contributed by atoms with Gasteiger partial charge in [0.2, 0.25) is 0 Å². The summed E-state index contributed by atoms with van der Waals surface area (Å²) in [6.45, 7) is 3.36. The van der Waals surface area contributed by atoms with Crippen molar-refractivity contribution in [2.45, 2.75) is 225 Å². The van der Waals surface area contributed by atoms with Gasteiger partial charge in [0.15, 0.2) is 6.10 Å². The molecule has 0 rings (SSSR count). The summed E-state index contributed by atoms with van der Waals surface area (Å²) in [4.78, 5) is 49.2. The Morgan fingerprint density at radius 3 is 1.30 bits per heavy atom. The van der Waals surface area contributed by atoms with Crippen LogP contribution in [-0.4, -0.2) is 70.8 Å². The Bertz CT molecular complexity index is 999. The summed E-state index contributed by atoms with van der Waals surface area (Å²) in [5.41, 5.74) is 0. The third kappa shape index (κ3) is 48.3. The molecule has 0 spiro atoms. The molecule has 0 aliphatic heterocycles. The molecule has 0 aliphatic carbocycles. The molecule has 60 heavy (non-hydrogen) atoms. The minimum absolute atomic E-state index is 0. The van der Waals surface area contributed by atoms with Gasteiger partial charge in [-0.05, 0) is 12.8 Å². The summed E-state index contributed by atoms with van der Waals surface area (Å²) in [6, 6.07) is 0. The molecule has 0 aliphatic rings. The zero-order valence-corrected chi connectivity index (χ0v) is 42.0. The number of ether oxygens (including phenoxy) is 4. The molecule has 15 heteroatoms. The van der Waals surface area contributed by atoms with Crippen molar-refractivity contribution in [3.8, 4) is 0 Å². The van der Waals surface area contributed by atoms with E-state index in [0.29, 0.717) is 12.8 Å². The Labute approximate surface area is 388 Å². The molecule has 0 heterocycles. The van der Waals surface area contributed by atoms with Crippen LogP contribution in [0.1, 0.15) is 219 Å². The second-order valence-corrected chi connectivity index (χ2v) is 17.2. The van der Waals surface area contributed by atoms with Crippen LogP contribution in [0.5, 0.6) is 0 Å². The Hall–Kier alpha value is -0.760. The van der Waals surface area contributed by atoms with Crippen LogP contribution in [0.4, 0.5) is 4.79 Å². The maximum Gasteiger partial charge on any atom is 1.00 e. The molecule has 0 aromatic heterocycles. The Kier molecular flexibility index (Phi) is 52.2. The summed E-state index contributed by atoms with van der Waals surface area (Å²) in [7, 11) is -3.34. The van der Waals surface area contributed by atoms with Gasteiger partial charge < -0.3 is 44.4 Å². The second-order valence-electron chi connectivity index (χ2n) is 15.8. The van der Waals surface area contributed by atoms with E-state index < -0.39 is 45.2 Å². The summed E-state index contributed by atoms with van der Waals surface area (Å²) < 4.78 is 42.7. The van der Waals surface area contributed by atoms with Crippen LogP contribution in [0.25, 0.3) is 0 Å². The van der Waals surface area contributed by atoms with Crippen molar-refractivity contribution < 1.29 is 81.4 Å². The Balaban J connectivity index is -0.0000162. The van der Waals surface area contributed by atoms with E-state index in [0.717, 1.165) is 38.5 Å². The van der Waals surface area contributed by atoms with Gasteiger partial charge in [-0.1, -0.05) is 194 Å². The summed E-state index contributed by atoms with van der Waals surface area (Å²) in [6.07, 6.45) is 35.3. The number of carbonyl (C=O) groups excluding carboxylic acids is 3. The first-order valence-corrected chi connectivity index (χ1v) is 25.0. The molecule has 0 radical (unpaired) electrons. The summed E-state index contributed by atoms with van der Waals surface area (Å²) >= 11 is 0. The molecular formula is C45H90N2NaO11P. The van der Waals surface area contributed by atoms with E-state index >= 15 is 0 Å². The number of hydrogen-bond donors (Lipinski definition) is 2. The number of rotatable bonds is 45. The third-order valence-electron chi connectivity index (χ3n) is 10.3. The molecular weight excluding hydrogens is 798 g/mol. The predicted molar refractivity (Wildman–Crippen MR) is 236 cm³/mol. The van der Waals surface area contributed by atoms with Gasteiger partial charge in [-0.2, -0.15) is 0 Å². The first kappa shape index (κ1) is 63.5. The van der Waals surface area contributed by atoms with Gasteiger partial charge in [0.1, 0.15) is 13.2 Å². The Morgan fingerprint density at radius 2 is 0.900 bits per heavy atom. The second kappa shape index (κ2) is 49.3. The number of phosphoric ester groups is 1. The molecule has 352 valence electrons. The fraction of sp³-hybridized carbons (Fsp3) is 0.933. The van der Waals surface area contributed by atoms with Gasteiger partial charge in [-0.15, -0.1) is 0 Å². The van der Waals surface area contributed by atoms with E-state index in [2.05, 4.69) is 19.2 Å². The summed E-state index contributed by atoms with van der Waals surface area (Å²) in [5, 5.41) is 2.36. The van der Waals surface area contributed by atoms with Crippen molar-refractivity contribution in [2.75, 3.05) is 46.7 Å². The van der Waals surface area contributed by atoms with Gasteiger partial charge in [-0.3, -0.25) is 14.2 Å². The van der Waals surface area contributed by atoms with Gasteiger partial charge >= 0.3 is 47.6 Å². The quantitative estimate of drug-likeness (QED) is 0.0194. The number of amides is 1. The number of phosphoric acid groups is 1. The van der Waals surface area contributed by atoms with Crippen molar-refractivity contribution in [1.29, 1.82) is 0 Å². The predicted octanol–water partition coefficient (Wildman–Crippen LogP) is 9.00. The van der Waals surface area contributed by atoms with E-state index in [9.17, 15) is 23.8 Å². The number of carbonyl (C=O) groups is 3. The van der Waals surface area contributed by atoms with Crippen LogP contribution < -0.4 is 45.9 Å². The molecule has 1 amide bonds. The molecule has 2 unspecified atom stereocenters. The van der Waals surface area contributed by atoms with Crippen LogP contribution in [0, 0.1) is 0 Å². The van der Waals surface area contributed by atoms with E-state index in [1.807, 2.05) is 0 Å². The van der Waals surface area contributed by atoms with Gasteiger partial charge in [0.25, 0.3) is 7.82 Å². The van der Waals surface area contributed by atoms with Crippen LogP contribution in [0.3, 0.4) is 0 Å². The molecule has 0 fully saturated rings. The molecule has 0 aromatic rings. The van der Waals surface area contributed by atoms with Crippen molar-refractivity contribution in [2.24, 2.45) is 0 Å². The smallest absolute Gasteiger partial charge is 0.756 e. The van der Waals surface area contributed by atoms with E-state index in [-0.39, 0.29) is 74.9 Å². The molecule has 2 atom stereocenters. The zero-order valence-electron chi connectivity index (χ0n) is 39.1. The molecule has 0 saturated carbocycles. The molecule has 0 saturated heterocycles. The number of unbranched alkanes of at least 4 members (excludes halogenated alkanes) is 28. The Morgan fingerprint density at radius 1 is 0.517 bits per heavy atom. The fourth-order valence-corrected chi connectivity index (χ4v) is 7.43. The van der Waals surface area contributed by atoms with Crippen molar-refractivity contribution in [3.63, 3.8) is 0 Å². The van der Waals surface area contributed by atoms with Crippen molar-refractivity contribution in [1.82, 2.24) is 11.5 Å². The normalized spacial score (nSPS) is 12.5. The molecule has 13 nitrogen and oxygen atoms in total. The number of esters is 2. The maximum atomic E-state index is 12.7. The minimum atomic E-state index is -4.82. The van der Waals surface area contributed by atoms with Crippen molar-refractivity contribution >= 4 is 25.9 Å². The fourth-order valence-electron chi connectivity index (χ4n) is 6.69. The number of methoxy groups -OCH3 is 1. The molecule has 0 aromatic carbocycles. The van der Waals surface area contributed by atoms with E-state index in [1.54, 1.807) is 0 Å². The minimum Gasteiger partial charge on any atom is -0.756 e. The first-order valence-electron chi connectivity index (χ1n) is 23.6. The average Bonchev–Trinajstić information content (AvgIpc) is 3.20.